The number of hydrogen-bond donors (Lipinski definition) is 1. The monoisotopic (exact) mass is 313 g/mol. The summed E-state index contributed by atoms with van der Waals surface area (Å²) in [4.78, 5) is 0. The van der Waals surface area contributed by atoms with Gasteiger partial charge in [0, 0.05) is 11.0 Å². The Hall–Kier alpha value is -0.410. The highest BCUT2D eigenvalue weighted by molar-refractivity contribution is 9.10. The van der Waals surface area contributed by atoms with Crippen molar-refractivity contribution in [2.75, 3.05) is 6.54 Å². The Morgan fingerprint density at radius 1 is 1.22 bits per heavy atom. The van der Waals surface area contributed by atoms with Crippen LogP contribution in [0.5, 0.6) is 0 Å². The van der Waals surface area contributed by atoms with Crippen molar-refractivity contribution in [2.24, 2.45) is 5.92 Å². The molecule has 1 aromatic carbocycles. The molecule has 0 heterocycles. The standard InChI is InChI=1S/C15H21BrFN/c16-15-10-14(17)7-6-13(15)11-18-9-8-12-4-2-1-3-5-12/h6-7,10,12,18H,1-5,8-9,11H2. The van der Waals surface area contributed by atoms with E-state index in [0.717, 1.165) is 29.0 Å². The zero-order valence-corrected chi connectivity index (χ0v) is 12.3. The molecule has 0 aromatic heterocycles. The summed E-state index contributed by atoms with van der Waals surface area (Å²) in [5.74, 6) is 0.732. The summed E-state index contributed by atoms with van der Waals surface area (Å²) >= 11 is 3.40. The Bertz CT molecular complexity index is 375. The van der Waals surface area contributed by atoms with Gasteiger partial charge in [-0.05, 0) is 36.6 Å². The molecule has 18 heavy (non-hydrogen) atoms. The van der Waals surface area contributed by atoms with Gasteiger partial charge in [0.25, 0.3) is 0 Å². The van der Waals surface area contributed by atoms with Crippen LogP contribution in [0.15, 0.2) is 22.7 Å². The molecule has 100 valence electrons. The van der Waals surface area contributed by atoms with Crippen molar-refractivity contribution in [3.63, 3.8) is 0 Å². The summed E-state index contributed by atoms with van der Waals surface area (Å²) in [5, 5.41) is 3.46. The van der Waals surface area contributed by atoms with Gasteiger partial charge in [0.15, 0.2) is 0 Å². The smallest absolute Gasteiger partial charge is 0.124 e. The highest BCUT2D eigenvalue weighted by Gasteiger charge is 2.12. The molecule has 1 aromatic rings. The molecular formula is C15H21BrFN. The number of rotatable bonds is 5. The Balaban J connectivity index is 1.68. The summed E-state index contributed by atoms with van der Waals surface area (Å²) in [5.41, 5.74) is 1.13. The minimum atomic E-state index is -0.187. The second kappa shape index (κ2) is 7.25. The van der Waals surface area contributed by atoms with E-state index >= 15 is 0 Å². The van der Waals surface area contributed by atoms with Crippen LogP contribution in [0, 0.1) is 11.7 Å². The number of nitrogens with one attached hydrogen (secondary N) is 1. The molecule has 1 aliphatic rings. The molecule has 0 aliphatic heterocycles. The quantitative estimate of drug-likeness (QED) is 0.780. The van der Waals surface area contributed by atoms with Crippen molar-refractivity contribution in [1.82, 2.24) is 5.32 Å². The fraction of sp³-hybridized carbons (Fsp3) is 0.600. The van der Waals surface area contributed by atoms with Crippen LogP contribution >= 0.6 is 15.9 Å². The highest BCUT2D eigenvalue weighted by atomic mass is 79.9. The van der Waals surface area contributed by atoms with Gasteiger partial charge in [-0.15, -0.1) is 0 Å². The highest BCUT2D eigenvalue weighted by Crippen LogP contribution is 2.25. The van der Waals surface area contributed by atoms with E-state index in [2.05, 4.69) is 21.2 Å². The third kappa shape index (κ3) is 4.36. The predicted molar refractivity (Wildman–Crippen MR) is 77.0 cm³/mol. The van der Waals surface area contributed by atoms with Crippen molar-refractivity contribution >= 4 is 15.9 Å². The molecule has 1 nitrogen and oxygen atoms in total. The minimum Gasteiger partial charge on any atom is -0.313 e. The van der Waals surface area contributed by atoms with E-state index in [1.54, 1.807) is 0 Å². The number of benzene rings is 1. The molecule has 0 saturated heterocycles. The molecule has 0 radical (unpaired) electrons. The Labute approximate surface area is 117 Å². The number of hydrogen-bond acceptors (Lipinski definition) is 1. The Morgan fingerprint density at radius 3 is 2.72 bits per heavy atom. The fourth-order valence-corrected chi connectivity index (χ4v) is 3.16. The summed E-state index contributed by atoms with van der Waals surface area (Å²) in [6.07, 6.45) is 8.33. The van der Waals surface area contributed by atoms with Gasteiger partial charge in [-0.3, -0.25) is 0 Å². The van der Waals surface area contributed by atoms with E-state index in [-0.39, 0.29) is 5.82 Å². The van der Waals surface area contributed by atoms with Gasteiger partial charge in [-0.1, -0.05) is 54.1 Å². The van der Waals surface area contributed by atoms with Crippen LogP contribution in [-0.2, 0) is 6.54 Å². The SMILES string of the molecule is Fc1ccc(CNCCC2CCCCC2)c(Br)c1. The topological polar surface area (TPSA) is 12.0 Å². The normalized spacial score (nSPS) is 17.0. The lowest BCUT2D eigenvalue weighted by atomic mass is 9.87. The van der Waals surface area contributed by atoms with Crippen LogP contribution in [0.2, 0.25) is 0 Å². The van der Waals surface area contributed by atoms with Gasteiger partial charge in [0.1, 0.15) is 5.82 Å². The molecule has 1 aliphatic carbocycles. The van der Waals surface area contributed by atoms with Crippen molar-refractivity contribution in [3.05, 3.63) is 34.1 Å². The lowest BCUT2D eigenvalue weighted by Crippen LogP contribution is -2.19. The summed E-state index contributed by atoms with van der Waals surface area (Å²) in [6.45, 7) is 1.88. The molecule has 0 amide bonds. The van der Waals surface area contributed by atoms with Crippen LogP contribution in [0.4, 0.5) is 4.39 Å². The average molecular weight is 314 g/mol. The van der Waals surface area contributed by atoms with Gasteiger partial charge in [0.2, 0.25) is 0 Å². The first kappa shape index (κ1) is 14.0. The lowest BCUT2D eigenvalue weighted by Gasteiger charge is -2.21. The van der Waals surface area contributed by atoms with Gasteiger partial charge < -0.3 is 5.32 Å². The predicted octanol–water partition coefficient (Wildman–Crippen LogP) is 4.65. The third-order valence-corrected chi connectivity index (χ3v) is 4.52. The summed E-state index contributed by atoms with van der Waals surface area (Å²) in [6, 6.07) is 4.88. The zero-order valence-electron chi connectivity index (χ0n) is 10.7. The van der Waals surface area contributed by atoms with E-state index < -0.39 is 0 Å². The maximum Gasteiger partial charge on any atom is 0.124 e. The Morgan fingerprint density at radius 2 is 2.00 bits per heavy atom. The van der Waals surface area contributed by atoms with Crippen LogP contribution in [0.1, 0.15) is 44.1 Å². The largest absolute Gasteiger partial charge is 0.313 e. The van der Waals surface area contributed by atoms with Crippen molar-refractivity contribution in [1.29, 1.82) is 0 Å². The molecule has 0 atom stereocenters. The van der Waals surface area contributed by atoms with Crippen LogP contribution < -0.4 is 5.32 Å². The molecule has 3 heteroatoms. The second-order valence-corrected chi connectivity index (χ2v) is 6.06. The molecule has 0 spiro atoms. The van der Waals surface area contributed by atoms with E-state index in [9.17, 15) is 4.39 Å². The maximum atomic E-state index is 12.9. The van der Waals surface area contributed by atoms with Gasteiger partial charge in [0.05, 0.1) is 0 Å². The molecule has 2 rings (SSSR count). The average Bonchev–Trinajstić information content (AvgIpc) is 2.38. The summed E-state index contributed by atoms with van der Waals surface area (Å²) < 4.78 is 13.8. The minimum absolute atomic E-state index is 0.187. The zero-order chi connectivity index (χ0) is 12.8. The van der Waals surface area contributed by atoms with E-state index in [1.165, 1.54) is 50.7 Å². The van der Waals surface area contributed by atoms with Gasteiger partial charge in [-0.2, -0.15) is 0 Å². The maximum absolute atomic E-state index is 12.9. The first-order chi connectivity index (χ1) is 8.75. The van der Waals surface area contributed by atoms with Crippen LogP contribution in [0.3, 0.4) is 0 Å². The molecule has 1 N–H and O–H groups in total. The molecule has 1 saturated carbocycles. The van der Waals surface area contributed by atoms with E-state index in [0.29, 0.717) is 0 Å². The van der Waals surface area contributed by atoms with Crippen molar-refractivity contribution in [2.45, 2.75) is 45.1 Å². The van der Waals surface area contributed by atoms with E-state index in [1.807, 2.05) is 6.07 Å². The number of halogens is 2. The van der Waals surface area contributed by atoms with Gasteiger partial charge in [-0.25, -0.2) is 4.39 Å². The second-order valence-electron chi connectivity index (χ2n) is 5.21. The molecule has 1 fully saturated rings. The van der Waals surface area contributed by atoms with Crippen molar-refractivity contribution in [3.8, 4) is 0 Å². The van der Waals surface area contributed by atoms with Gasteiger partial charge >= 0.3 is 0 Å². The Kier molecular flexibility index (Phi) is 5.64. The fourth-order valence-electron chi connectivity index (χ4n) is 2.67. The summed E-state index contributed by atoms with van der Waals surface area (Å²) in [7, 11) is 0. The molecule has 0 bridgehead atoms. The first-order valence-corrected chi connectivity index (χ1v) is 7.69. The molecule has 0 unspecified atom stereocenters. The van der Waals surface area contributed by atoms with Crippen LogP contribution in [0.25, 0.3) is 0 Å². The third-order valence-electron chi connectivity index (χ3n) is 3.78. The van der Waals surface area contributed by atoms with Crippen LogP contribution in [-0.4, -0.2) is 6.54 Å². The van der Waals surface area contributed by atoms with E-state index in [4.69, 9.17) is 0 Å². The first-order valence-electron chi connectivity index (χ1n) is 6.90. The molecular weight excluding hydrogens is 293 g/mol. The van der Waals surface area contributed by atoms with Crippen molar-refractivity contribution < 1.29 is 4.39 Å². The lowest BCUT2D eigenvalue weighted by molar-refractivity contribution is 0.334.